The Bertz CT molecular complexity index is 900. The van der Waals surface area contributed by atoms with Crippen LogP contribution in [0.1, 0.15) is 189 Å². The second-order valence-corrected chi connectivity index (χ2v) is 15.0. The highest BCUT2D eigenvalue weighted by Gasteiger charge is 2.16. The molecule has 0 aliphatic heterocycles. The molecule has 1 amide bonds. The summed E-state index contributed by atoms with van der Waals surface area (Å²) < 4.78 is 10.9. The fourth-order valence-corrected chi connectivity index (χ4v) is 6.43. The molecule has 0 saturated heterocycles. The highest BCUT2D eigenvalue weighted by molar-refractivity contribution is 5.76. The van der Waals surface area contributed by atoms with Crippen molar-refractivity contribution in [3.8, 4) is 0 Å². The van der Waals surface area contributed by atoms with Gasteiger partial charge in [0, 0.05) is 19.5 Å². The first-order valence-corrected chi connectivity index (χ1v) is 21.9. The number of rotatable bonds is 37. The zero-order chi connectivity index (χ0) is 38.5. The summed E-state index contributed by atoms with van der Waals surface area (Å²) in [5.41, 5.74) is 0. The predicted molar refractivity (Wildman–Crippen MR) is 220 cm³/mol. The van der Waals surface area contributed by atoms with E-state index in [0.29, 0.717) is 25.5 Å². The van der Waals surface area contributed by atoms with E-state index < -0.39 is 0 Å². The van der Waals surface area contributed by atoms with E-state index in [1.807, 2.05) is 26.0 Å². The molecule has 2 unspecified atom stereocenters. The number of esters is 2. The third-order valence-corrected chi connectivity index (χ3v) is 10.2. The van der Waals surface area contributed by atoms with Crippen LogP contribution in [0.3, 0.4) is 0 Å². The van der Waals surface area contributed by atoms with Gasteiger partial charge in [-0.05, 0) is 77.4 Å². The number of allylic oxidation sites excluding steroid dienone is 2. The molecule has 0 aromatic carbocycles. The van der Waals surface area contributed by atoms with E-state index in [1.165, 1.54) is 51.4 Å². The Morgan fingerprint density at radius 3 is 1.35 bits per heavy atom. The van der Waals surface area contributed by atoms with Crippen molar-refractivity contribution < 1.29 is 23.9 Å². The number of carbonyl (C=O) groups is 3. The first-order valence-electron chi connectivity index (χ1n) is 21.9. The molecule has 0 spiro atoms. The van der Waals surface area contributed by atoms with Gasteiger partial charge >= 0.3 is 11.9 Å². The number of unbranched alkanes of at least 4 members (excludes halogenated alkanes) is 15. The summed E-state index contributed by atoms with van der Waals surface area (Å²) in [4.78, 5) is 42.3. The van der Waals surface area contributed by atoms with E-state index in [9.17, 15) is 14.4 Å². The third-order valence-electron chi connectivity index (χ3n) is 10.2. The van der Waals surface area contributed by atoms with Crippen LogP contribution < -0.4 is 0 Å². The van der Waals surface area contributed by atoms with Crippen LogP contribution in [0.2, 0.25) is 0 Å². The van der Waals surface area contributed by atoms with E-state index in [4.69, 9.17) is 9.47 Å². The number of carbonyl (C=O) groups excluding carboxylic acids is 3. The van der Waals surface area contributed by atoms with Crippen molar-refractivity contribution in [3.63, 3.8) is 0 Å². The highest BCUT2D eigenvalue weighted by atomic mass is 16.5. The molecule has 52 heavy (non-hydrogen) atoms. The average molecular weight is 733 g/mol. The fraction of sp³-hybridized carbons (Fsp3) is 0.844. The Morgan fingerprint density at radius 1 is 0.500 bits per heavy atom. The van der Waals surface area contributed by atoms with Gasteiger partial charge in [-0.3, -0.25) is 14.4 Å². The summed E-state index contributed by atoms with van der Waals surface area (Å²) >= 11 is 0. The summed E-state index contributed by atoms with van der Waals surface area (Å²) in [5.74, 6) is 0.0472. The van der Waals surface area contributed by atoms with Crippen LogP contribution in [0, 0.1) is 11.8 Å². The lowest BCUT2D eigenvalue weighted by Gasteiger charge is -2.24. The largest absolute Gasteiger partial charge is 0.461 e. The maximum Gasteiger partial charge on any atom is 0.308 e. The lowest BCUT2D eigenvalue weighted by molar-refractivity contribution is -0.147. The van der Waals surface area contributed by atoms with Gasteiger partial charge in [0.1, 0.15) is 13.2 Å². The normalized spacial score (nSPS) is 12.9. The molecule has 0 N–H and O–H groups in total. The lowest BCUT2D eigenvalue weighted by Crippen LogP contribution is -2.33. The van der Waals surface area contributed by atoms with Crippen LogP contribution in [0.5, 0.6) is 0 Å². The Morgan fingerprint density at radius 2 is 0.923 bits per heavy atom. The van der Waals surface area contributed by atoms with Crippen LogP contribution in [-0.4, -0.2) is 73.6 Å². The molecule has 7 nitrogen and oxygen atoms in total. The maximum atomic E-state index is 13.2. The number of ether oxygens (including phenoxy) is 2. The van der Waals surface area contributed by atoms with Crippen molar-refractivity contribution in [3.05, 3.63) is 24.3 Å². The summed E-state index contributed by atoms with van der Waals surface area (Å²) in [6.45, 7) is 18.3. The Hall–Kier alpha value is -2.15. The molecule has 0 fully saturated rings. The van der Waals surface area contributed by atoms with Crippen molar-refractivity contribution in [2.75, 3.05) is 45.9 Å². The molecule has 0 aliphatic rings. The minimum Gasteiger partial charge on any atom is -0.461 e. The van der Waals surface area contributed by atoms with Crippen LogP contribution in [0.15, 0.2) is 24.3 Å². The minimum atomic E-state index is -0.0862. The second-order valence-electron chi connectivity index (χ2n) is 15.0. The monoisotopic (exact) mass is 733 g/mol. The third kappa shape index (κ3) is 30.3. The first kappa shape index (κ1) is 49.9. The minimum absolute atomic E-state index is 0.0421. The molecule has 2 atom stereocenters. The van der Waals surface area contributed by atoms with Crippen LogP contribution in [0.4, 0.5) is 0 Å². The zero-order valence-electron chi connectivity index (χ0n) is 35.1. The highest BCUT2D eigenvalue weighted by Crippen LogP contribution is 2.16. The smallest absolute Gasteiger partial charge is 0.308 e. The number of amides is 1. The fourth-order valence-electron chi connectivity index (χ4n) is 6.43. The molecular weight excluding hydrogens is 649 g/mol. The molecule has 0 rings (SSSR count). The molecule has 304 valence electrons. The zero-order valence-corrected chi connectivity index (χ0v) is 35.1. The van der Waals surface area contributed by atoms with Crippen molar-refractivity contribution >= 4 is 17.8 Å². The van der Waals surface area contributed by atoms with Crippen LogP contribution in [0.25, 0.3) is 0 Å². The summed E-state index contributed by atoms with van der Waals surface area (Å²) in [6, 6.07) is 0. The molecule has 0 saturated carbocycles. The van der Waals surface area contributed by atoms with Gasteiger partial charge < -0.3 is 19.3 Å². The second kappa shape index (κ2) is 37.2. The van der Waals surface area contributed by atoms with Gasteiger partial charge in [-0.2, -0.15) is 0 Å². The Labute approximate surface area is 322 Å². The number of hydrogen-bond donors (Lipinski definition) is 0. The van der Waals surface area contributed by atoms with E-state index in [-0.39, 0.29) is 23.8 Å². The average Bonchev–Trinajstić information content (AvgIpc) is 3.14. The van der Waals surface area contributed by atoms with Gasteiger partial charge in [-0.25, -0.2) is 0 Å². The van der Waals surface area contributed by atoms with Crippen molar-refractivity contribution in [1.29, 1.82) is 0 Å². The van der Waals surface area contributed by atoms with Gasteiger partial charge in [0.2, 0.25) is 5.91 Å². The predicted octanol–water partition coefficient (Wildman–Crippen LogP) is 11.6. The van der Waals surface area contributed by atoms with Gasteiger partial charge in [-0.15, -0.1) is 0 Å². The molecule has 0 aliphatic carbocycles. The molecule has 7 heteroatoms. The van der Waals surface area contributed by atoms with E-state index >= 15 is 0 Å². The number of hydrogen-bond acceptors (Lipinski definition) is 6. The van der Waals surface area contributed by atoms with Crippen LogP contribution in [-0.2, 0) is 23.9 Å². The summed E-state index contributed by atoms with van der Waals surface area (Å²) in [6.07, 6.45) is 33.2. The van der Waals surface area contributed by atoms with Crippen molar-refractivity contribution in [2.24, 2.45) is 11.8 Å². The summed E-state index contributed by atoms with van der Waals surface area (Å²) in [7, 11) is 0. The molecule has 0 aromatic rings. The van der Waals surface area contributed by atoms with Gasteiger partial charge in [0.25, 0.3) is 0 Å². The molecule has 0 heterocycles. The van der Waals surface area contributed by atoms with Crippen molar-refractivity contribution in [2.45, 2.75) is 189 Å². The van der Waals surface area contributed by atoms with E-state index in [0.717, 1.165) is 123 Å². The van der Waals surface area contributed by atoms with Gasteiger partial charge in [0.05, 0.1) is 11.8 Å². The maximum absolute atomic E-state index is 13.2. The molecule has 0 radical (unpaired) electrons. The SMILES string of the molecule is CCCCC/C=C\COC(=O)C(C)CCCCCCCCN(CCCCCCCC(C)C(=O)OC/C=C\CCCCC)C(=O)CCCN(CC)CC. The molecule has 0 aromatic heterocycles. The summed E-state index contributed by atoms with van der Waals surface area (Å²) in [5, 5.41) is 0. The van der Waals surface area contributed by atoms with Crippen molar-refractivity contribution in [1.82, 2.24) is 9.80 Å². The standard InChI is InChI=1S/C45H84N2O5/c1-7-11-13-15-24-30-39-51-44(49)41(5)33-26-20-17-18-22-28-37-47(43(48)35-32-36-46(9-3)10-4)38-29-23-19-21-27-34-42(6)45(50)52-40-31-25-16-14-12-8-2/h24-25,30-31,41-42H,7-23,26-29,32-40H2,1-6H3/b30-24-,31-25-. The van der Waals surface area contributed by atoms with E-state index in [2.05, 4.69) is 49.6 Å². The topological polar surface area (TPSA) is 76.1 Å². The van der Waals surface area contributed by atoms with Gasteiger partial charge in [0.15, 0.2) is 0 Å². The van der Waals surface area contributed by atoms with Crippen LogP contribution >= 0.6 is 0 Å². The molecular formula is C45H84N2O5. The Balaban J connectivity index is 4.32. The number of nitrogens with zero attached hydrogens (tertiary/aromatic N) is 2. The first-order chi connectivity index (χ1) is 25.3. The van der Waals surface area contributed by atoms with E-state index in [1.54, 1.807) is 0 Å². The lowest BCUT2D eigenvalue weighted by atomic mass is 10.0. The Kier molecular flexibility index (Phi) is 35.6. The van der Waals surface area contributed by atoms with Gasteiger partial charge in [-0.1, -0.05) is 149 Å². The molecule has 0 bridgehead atoms. The quantitative estimate of drug-likeness (QED) is 0.0359.